The van der Waals surface area contributed by atoms with Crippen molar-refractivity contribution in [3.63, 3.8) is 0 Å². The van der Waals surface area contributed by atoms with E-state index < -0.39 is 0 Å². The zero-order chi connectivity index (χ0) is 39.0. The summed E-state index contributed by atoms with van der Waals surface area (Å²) >= 11 is 0. The van der Waals surface area contributed by atoms with Crippen LogP contribution in [-0.4, -0.2) is 18.3 Å². The van der Waals surface area contributed by atoms with Gasteiger partial charge in [-0.3, -0.25) is 0 Å². The molecule has 4 heterocycles. The van der Waals surface area contributed by atoms with Gasteiger partial charge in [0.25, 0.3) is 0 Å². The van der Waals surface area contributed by atoms with Crippen LogP contribution in [0.15, 0.2) is 194 Å². The topological polar surface area (TPSA) is 19.7 Å². The van der Waals surface area contributed by atoms with Crippen molar-refractivity contribution >= 4 is 65.4 Å². The maximum absolute atomic E-state index is 2.50. The molecule has 13 rings (SSSR count). The molecule has 0 unspecified atom stereocenters. The van der Waals surface area contributed by atoms with Crippen LogP contribution in [0.1, 0.15) is 25.0 Å². The van der Waals surface area contributed by atoms with Gasteiger partial charge in [0.05, 0.1) is 33.1 Å². The molecule has 0 amide bonds. The van der Waals surface area contributed by atoms with Gasteiger partial charge in [-0.15, -0.1) is 0 Å². The molecule has 0 fully saturated rings. The smallest absolute Gasteiger partial charge is 0.0635 e. The normalized spacial score (nSPS) is 13.4. The molecule has 0 saturated heterocycles. The standard InChI is InChI=1S/C55H38N4/c1-55(2)47-33-37(58-51-19-11-9-17-41(51)43-25-27-49-45(53(43)58)29-31-56(49)35-13-5-3-6-14-35)21-23-39(47)40-24-22-38(34-48(40)55)59-52-20-12-10-18-42(52)44-26-28-50-46(54(44)59)30-32-57(50)36-15-7-4-8-16-36/h3-34H,1-2H3. The Kier molecular flexibility index (Phi) is 6.48. The summed E-state index contributed by atoms with van der Waals surface area (Å²) in [6.45, 7) is 4.80. The molecule has 0 spiro atoms. The first-order valence-electron chi connectivity index (χ1n) is 20.5. The summed E-state index contributed by atoms with van der Waals surface area (Å²) < 4.78 is 9.60. The van der Waals surface area contributed by atoms with E-state index >= 15 is 0 Å². The summed E-state index contributed by atoms with van der Waals surface area (Å²) in [5, 5.41) is 7.56. The van der Waals surface area contributed by atoms with Crippen molar-refractivity contribution in [2.45, 2.75) is 19.3 Å². The van der Waals surface area contributed by atoms with Gasteiger partial charge >= 0.3 is 0 Å². The number of hydrogen-bond acceptors (Lipinski definition) is 0. The molecule has 0 aliphatic heterocycles. The van der Waals surface area contributed by atoms with E-state index in [9.17, 15) is 0 Å². The maximum Gasteiger partial charge on any atom is 0.0635 e. The molecule has 59 heavy (non-hydrogen) atoms. The minimum Gasteiger partial charge on any atom is -0.316 e. The number of benzene rings is 8. The highest BCUT2D eigenvalue weighted by Gasteiger charge is 2.36. The van der Waals surface area contributed by atoms with Crippen molar-refractivity contribution in [3.8, 4) is 33.9 Å². The highest BCUT2D eigenvalue weighted by Crippen LogP contribution is 2.51. The number of nitrogens with zero attached hydrogens (tertiary/aromatic N) is 4. The third-order valence-electron chi connectivity index (χ3n) is 13.2. The number of aromatic nitrogens is 4. The summed E-state index contributed by atoms with van der Waals surface area (Å²) in [5.74, 6) is 0. The van der Waals surface area contributed by atoms with E-state index in [1.807, 2.05) is 0 Å². The van der Waals surface area contributed by atoms with Crippen molar-refractivity contribution in [1.29, 1.82) is 0 Å². The van der Waals surface area contributed by atoms with Crippen molar-refractivity contribution in [2.24, 2.45) is 0 Å². The average molecular weight is 755 g/mol. The first-order chi connectivity index (χ1) is 29.0. The second-order valence-corrected chi connectivity index (χ2v) is 16.6. The van der Waals surface area contributed by atoms with Crippen LogP contribution >= 0.6 is 0 Å². The fraction of sp³-hybridized carbons (Fsp3) is 0.0545. The van der Waals surface area contributed by atoms with Gasteiger partial charge in [0.1, 0.15) is 0 Å². The average Bonchev–Trinajstić information content (AvgIpc) is 4.10. The predicted molar refractivity (Wildman–Crippen MR) is 246 cm³/mol. The van der Waals surface area contributed by atoms with Gasteiger partial charge in [-0.05, 0) is 107 Å². The molecule has 8 aromatic carbocycles. The van der Waals surface area contributed by atoms with Crippen molar-refractivity contribution < 1.29 is 0 Å². The monoisotopic (exact) mass is 754 g/mol. The SMILES string of the molecule is CC1(C)c2cc(-n3c4ccccc4c4ccc5c(ccn5-c5ccccc5)c43)ccc2-c2ccc(-n3c4ccccc4c4ccc5c(ccn5-c5ccccc5)c43)cc21. The van der Waals surface area contributed by atoms with Crippen LogP contribution in [0, 0.1) is 0 Å². The molecule has 1 aliphatic carbocycles. The molecular formula is C55H38N4. The Morgan fingerprint density at radius 3 is 1.20 bits per heavy atom. The Morgan fingerprint density at radius 1 is 0.322 bits per heavy atom. The molecule has 0 atom stereocenters. The number of hydrogen-bond donors (Lipinski definition) is 0. The number of fused-ring (bicyclic) bond motifs is 13. The summed E-state index contributed by atoms with van der Waals surface area (Å²) in [5.41, 5.74) is 17.1. The lowest BCUT2D eigenvalue weighted by molar-refractivity contribution is 0.659. The van der Waals surface area contributed by atoms with Crippen LogP contribution in [-0.2, 0) is 5.41 Å². The van der Waals surface area contributed by atoms with Gasteiger partial charge in [0.2, 0.25) is 0 Å². The third kappa shape index (κ3) is 4.38. The van der Waals surface area contributed by atoms with E-state index in [2.05, 4.69) is 227 Å². The van der Waals surface area contributed by atoms with Crippen molar-refractivity contribution in [1.82, 2.24) is 18.3 Å². The fourth-order valence-corrected chi connectivity index (χ4v) is 10.5. The van der Waals surface area contributed by atoms with Gasteiger partial charge in [-0.1, -0.05) is 111 Å². The summed E-state index contributed by atoms with van der Waals surface area (Å²) in [6, 6.07) is 67.1. The third-order valence-corrected chi connectivity index (χ3v) is 13.2. The fourth-order valence-electron chi connectivity index (χ4n) is 10.5. The molecule has 0 bridgehead atoms. The Labute approximate surface area is 341 Å². The van der Waals surface area contributed by atoms with Crippen LogP contribution in [0.25, 0.3) is 99.3 Å². The molecule has 1 aliphatic rings. The van der Waals surface area contributed by atoms with Crippen LogP contribution in [0.3, 0.4) is 0 Å². The zero-order valence-electron chi connectivity index (χ0n) is 32.8. The van der Waals surface area contributed by atoms with Gasteiger partial charge in [0, 0.05) is 72.9 Å². The van der Waals surface area contributed by atoms with Gasteiger partial charge in [0.15, 0.2) is 0 Å². The molecule has 12 aromatic rings. The quantitative estimate of drug-likeness (QED) is 0.170. The summed E-state index contributed by atoms with van der Waals surface area (Å²) in [4.78, 5) is 0. The Morgan fingerprint density at radius 2 is 0.746 bits per heavy atom. The van der Waals surface area contributed by atoms with E-state index in [-0.39, 0.29) is 5.41 Å². The molecule has 0 saturated carbocycles. The summed E-state index contributed by atoms with van der Waals surface area (Å²) in [6.07, 6.45) is 4.42. The Balaban J connectivity index is 0.993. The lowest BCUT2D eigenvalue weighted by atomic mass is 9.82. The predicted octanol–water partition coefficient (Wildman–Crippen LogP) is 14.1. The number of rotatable bonds is 4. The molecule has 4 heteroatoms. The van der Waals surface area contributed by atoms with Gasteiger partial charge in [-0.25, -0.2) is 0 Å². The summed E-state index contributed by atoms with van der Waals surface area (Å²) in [7, 11) is 0. The van der Waals surface area contributed by atoms with E-state index in [0.717, 1.165) is 11.4 Å². The molecule has 278 valence electrons. The van der Waals surface area contributed by atoms with Crippen molar-refractivity contribution in [3.05, 3.63) is 206 Å². The number of para-hydroxylation sites is 4. The largest absolute Gasteiger partial charge is 0.316 e. The van der Waals surface area contributed by atoms with Crippen LogP contribution < -0.4 is 0 Å². The molecular weight excluding hydrogens is 717 g/mol. The van der Waals surface area contributed by atoms with E-state index in [1.54, 1.807) is 0 Å². The highest BCUT2D eigenvalue weighted by molar-refractivity contribution is 6.19. The molecule has 4 nitrogen and oxygen atoms in total. The van der Waals surface area contributed by atoms with Crippen molar-refractivity contribution in [2.75, 3.05) is 0 Å². The van der Waals surface area contributed by atoms with Crippen LogP contribution in [0.5, 0.6) is 0 Å². The Bertz CT molecular complexity index is 3440. The lowest BCUT2D eigenvalue weighted by Crippen LogP contribution is -2.16. The Hall–Kier alpha value is -7.56. The molecule has 4 aromatic heterocycles. The second kappa shape index (κ2) is 11.7. The first-order valence-corrected chi connectivity index (χ1v) is 20.5. The zero-order valence-corrected chi connectivity index (χ0v) is 32.8. The molecule has 0 N–H and O–H groups in total. The van der Waals surface area contributed by atoms with Crippen LogP contribution in [0.4, 0.5) is 0 Å². The second-order valence-electron chi connectivity index (χ2n) is 16.6. The minimum atomic E-state index is -0.230. The lowest BCUT2D eigenvalue weighted by Gasteiger charge is -2.23. The first kappa shape index (κ1) is 32.5. The minimum absolute atomic E-state index is 0.230. The maximum atomic E-state index is 2.50. The van der Waals surface area contributed by atoms with E-state index in [4.69, 9.17) is 0 Å². The van der Waals surface area contributed by atoms with E-state index in [1.165, 1.54) is 99.0 Å². The van der Waals surface area contributed by atoms with Crippen LogP contribution in [0.2, 0.25) is 0 Å². The van der Waals surface area contributed by atoms with Gasteiger partial charge in [-0.2, -0.15) is 0 Å². The van der Waals surface area contributed by atoms with Gasteiger partial charge < -0.3 is 18.3 Å². The van der Waals surface area contributed by atoms with E-state index in [0.29, 0.717) is 0 Å². The highest BCUT2D eigenvalue weighted by atomic mass is 15.0. The molecule has 0 radical (unpaired) electrons.